The van der Waals surface area contributed by atoms with Crippen LogP contribution < -0.4 is 0 Å². The lowest BCUT2D eigenvalue weighted by molar-refractivity contribution is -0.0942. The molecule has 1 N–H and O–H groups in total. The fraction of sp³-hybridized carbons (Fsp3) is 0.600. The highest BCUT2D eigenvalue weighted by Gasteiger charge is 2.36. The number of rotatable bonds is 4. The second kappa shape index (κ2) is 5.39. The van der Waals surface area contributed by atoms with E-state index in [1.165, 1.54) is 18.4 Å². The van der Waals surface area contributed by atoms with Crippen LogP contribution in [0.5, 0.6) is 0 Å². The van der Waals surface area contributed by atoms with E-state index in [2.05, 4.69) is 29.2 Å². The molecule has 3 heteroatoms. The van der Waals surface area contributed by atoms with Crippen LogP contribution in [0.4, 0.5) is 0 Å². The Balaban J connectivity index is 1.82. The van der Waals surface area contributed by atoms with Crippen molar-refractivity contribution in [2.45, 2.75) is 25.0 Å². The first-order valence-electron chi connectivity index (χ1n) is 6.90. The zero-order valence-corrected chi connectivity index (χ0v) is 10.7. The van der Waals surface area contributed by atoms with Gasteiger partial charge >= 0.3 is 0 Å². The number of aliphatic hydroxyl groups is 1. The second-order valence-electron chi connectivity index (χ2n) is 5.39. The maximum absolute atomic E-state index is 9.54. The fourth-order valence-corrected chi connectivity index (χ4v) is 2.85. The molecule has 1 saturated carbocycles. The number of ether oxygens (including phenoxy) is 1. The maximum Gasteiger partial charge on any atom is 0.100 e. The van der Waals surface area contributed by atoms with E-state index in [9.17, 15) is 5.11 Å². The highest BCUT2D eigenvalue weighted by molar-refractivity contribution is 5.21. The molecule has 0 aromatic heterocycles. The summed E-state index contributed by atoms with van der Waals surface area (Å²) in [5.41, 5.74) is 1.26. The van der Waals surface area contributed by atoms with Crippen LogP contribution in [0.2, 0.25) is 0 Å². The van der Waals surface area contributed by atoms with Crippen molar-refractivity contribution in [1.29, 1.82) is 0 Å². The predicted molar refractivity (Wildman–Crippen MR) is 70.3 cm³/mol. The van der Waals surface area contributed by atoms with Crippen molar-refractivity contribution in [2.75, 3.05) is 26.3 Å². The van der Waals surface area contributed by atoms with E-state index in [0.29, 0.717) is 0 Å². The molecule has 0 unspecified atom stereocenters. The minimum absolute atomic E-state index is 0.0834. The molecule has 1 saturated heterocycles. The quantitative estimate of drug-likeness (QED) is 0.881. The van der Waals surface area contributed by atoms with Crippen molar-refractivity contribution in [1.82, 2.24) is 4.90 Å². The molecule has 3 rings (SSSR count). The smallest absolute Gasteiger partial charge is 0.100 e. The second-order valence-corrected chi connectivity index (χ2v) is 5.39. The van der Waals surface area contributed by atoms with Gasteiger partial charge in [0.1, 0.15) is 6.10 Å². The van der Waals surface area contributed by atoms with Gasteiger partial charge in [0.2, 0.25) is 0 Å². The van der Waals surface area contributed by atoms with Gasteiger partial charge in [-0.3, -0.25) is 4.90 Å². The first-order valence-corrected chi connectivity index (χ1v) is 6.90. The molecule has 3 nitrogen and oxygen atoms in total. The first-order chi connectivity index (χ1) is 8.88. The Kier molecular flexibility index (Phi) is 3.64. The van der Waals surface area contributed by atoms with E-state index in [0.717, 1.165) is 25.6 Å². The zero-order valence-electron chi connectivity index (χ0n) is 10.7. The number of benzene rings is 1. The Morgan fingerprint density at radius 1 is 1.22 bits per heavy atom. The molecule has 1 aromatic carbocycles. The predicted octanol–water partition coefficient (Wildman–Crippen LogP) is 1.83. The van der Waals surface area contributed by atoms with Crippen molar-refractivity contribution in [3.8, 4) is 0 Å². The summed E-state index contributed by atoms with van der Waals surface area (Å²) < 4.78 is 5.73. The number of hydrogen-bond donors (Lipinski definition) is 1. The summed E-state index contributed by atoms with van der Waals surface area (Å²) in [5.74, 6) is 0.869. The first kappa shape index (κ1) is 12.2. The fourth-order valence-electron chi connectivity index (χ4n) is 2.85. The van der Waals surface area contributed by atoms with Gasteiger partial charge in [0.25, 0.3) is 0 Å². The van der Waals surface area contributed by atoms with Crippen LogP contribution in [0.1, 0.15) is 24.4 Å². The molecule has 0 amide bonds. The maximum atomic E-state index is 9.54. The normalized spacial score (nSPS) is 29.4. The van der Waals surface area contributed by atoms with E-state index in [4.69, 9.17) is 4.74 Å². The van der Waals surface area contributed by atoms with Crippen LogP contribution in [0, 0.1) is 5.92 Å². The lowest BCUT2D eigenvalue weighted by Crippen LogP contribution is -2.47. The summed E-state index contributed by atoms with van der Waals surface area (Å²) in [6.45, 7) is 2.97. The van der Waals surface area contributed by atoms with Crippen LogP contribution in [0.3, 0.4) is 0 Å². The Morgan fingerprint density at radius 3 is 2.67 bits per heavy atom. The van der Waals surface area contributed by atoms with Crippen molar-refractivity contribution in [3.63, 3.8) is 0 Å². The molecule has 18 heavy (non-hydrogen) atoms. The van der Waals surface area contributed by atoms with Gasteiger partial charge in [0.05, 0.1) is 19.3 Å². The summed E-state index contributed by atoms with van der Waals surface area (Å²) in [5, 5.41) is 9.54. The monoisotopic (exact) mass is 247 g/mol. The van der Waals surface area contributed by atoms with Crippen LogP contribution in [0.25, 0.3) is 0 Å². The van der Waals surface area contributed by atoms with Crippen LogP contribution in [-0.2, 0) is 4.74 Å². The molecule has 2 atom stereocenters. The van der Waals surface area contributed by atoms with Gasteiger partial charge in [-0.05, 0) is 24.3 Å². The van der Waals surface area contributed by atoms with Gasteiger partial charge in [-0.1, -0.05) is 30.3 Å². The van der Waals surface area contributed by atoms with Crippen molar-refractivity contribution in [3.05, 3.63) is 35.9 Å². The van der Waals surface area contributed by atoms with Gasteiger partial charge in [-0.2, -0.15) is 0 Å². The molecule has 2 aliphatic rings. The van der Waals surface area contributed by atoms with Gasteiger partial charge < -0.3 is 9.84 Å². The van der Waals surface area contributed by atoms with E-state index < -0.39 is 0 Å². The number of morpholine rings is 1. The third-order valence-electron chi connectivity index (χ3n) is 3.97. The Labute approximate surface area is 108 Å². The molecule has 0 bridgehead atoms. The molecule has 2 fully saturated rings. The largest absolute Gasteiger partial charge is 0.394 e. The van der Waals surface area contributed by atoms with Crippen LogP contribution >= 0.6 is 0 Å². The number of nitrogens with zero attached hydrogens (tertiary/aromatic N) is 1. The summed E-state index contributed by atoms with van der Waals surface area (Å²) in [6, 6.07) is 10.7. The lowest BCUT2D eigenvalue weighted by atomic mass is 9.98. The summed E-state index contributed by atoms with van der Waals surface area (Å²) in [7, 11) is 0. The van der Waals surface area contributed by atoms with E-state index >= 15 is 0 Å². The number of aliphatic hydroxyl groups excluding tert-OH is 1. The van der Waals surface area contributed by atoms with Gasteiger partial charge in [0, 0.05) is 13.1 Å². The third kappa shape index (κ3) is 2.58. The molecule has 0 radical (unpaired) electrons. The molecule has 1 aliphatic heterocycles. The Hall–Kier alpha value is -0.900. The number of hydrogen-bond acceptors (Lipinski definition) is 3. The van der Waals surface area contributed by atoms with E-state index in [1.54, 1.807) is 0 Å². The van der Waals surface area contributed by atoms with Crippen LogP contribution in [0.15, 0.2) is 30.3 Å². The molecule has 1 heterocycles. The molecular weight excluding hydrogens is 226 g/mol. The standard InChI is InChI=1S/C15H21NO2/c17-11-14-15(13-4-2-1-3-5-13)16(8-9-18-14)10-12-6-7-12/h1-5,12,14-15,17H,6-11H2/t14-,15-/m1/s1. The summed E-state index contributed by atoms with van der Waals surface area (Å²) in [4.78, 5) is 2.50. The average Bonchev–Trinajstić information content (AvgIpc) is 3.23. The third-order valence-corrected chi connectivity index (χ3v) is 3.97. The van der Waals surface area contributed by atoms with E-state index in [-0.39, 0.29) is 18.8 Å². The van der Waals surface area contributed by atoms with Crippen molar-refractivity contribution in [2.24, 2.45) is 5.92 Å². The topological polar surface area (TPSA) is 32.7 Å². The molecule has 0 spiro atoms. The Morgan fingerprint density at radius 2 is 2.00 bits per heavy atom. The minimum Gasteiger partial charge on any atom is -0.394 e. The summed E-state index contributed by atoms with van der Waals surface area (Å²) >= 11 is 0. The minimum atomic E-state index is -0.0834. The molecule has 1 aromatic rings. The molecule has 1 aliphatic carbocycles. The lowest BCUT2D eigenvalue weighted by Gasteiger charge is -2.41. The molecule has 98 valence electrons. The summed E-state index contributed by atoms with van der Waals surface area (Å²) in [6.07, 6.45) is 2.64. The van der Waals surface area contributed by atoms with E-state index in [1.807, 2.05) is 6.07 Å². The van der Waals surface area contributed by atoms with Gasteiger partial charge in [-0.15, -0.1) is 0 Å². The van der Waals surface area contributed by atoms with Crippen LogP contribution in [-0.4, -0.2) is 42.4 Å². The SMILES string of the molecule is OC[C@H]1OCCN(CC2CC2)[C@@H]1c1ccccc1. The van der Waals surface area contributed by atoms with Crippen molar-refractivity contribution >= 4 is 0 Å². The van der Waals surface area contributed by atoms with Gasteiger partial charge in [0.15, 0.2) is 0 Å². The highest BCUT2D eigenvalue weighted by atomic mass is 16.5. The van der Waals surface area contributed by atoms with Gasteiger partial charge in [-0.25, -0.2) is 0 Å². The highest BCUT2D eigenvalue weighted by Crippen LogP contribution is 2.35. The molecular formula is C15H21NO2. The van der Waals surface area contributed by atoms with Crippen molar-refractivity contribution < 1.29 is 9.84 Å². The average molecular weight is 247 g/mol. The Bertz CT molecular complexity index is 377. The zero-order chi connectivity index (χ0) is 12.4.